The second-order valence-electron chi connectivity index (χ2n) is 8.31. The SMILES string of the molecule is O=C(CCCO)Cn1c(=O)nc(Nc2ccc(Oc3ccc(=O)[nH]c3)cc2)n(Cc2ccc(Cl)cc2)c1=O. The minimum atomic E-state index is -0.875. The maximum Gasteiger partial charge on any atom is 0.355 e. The summed E-state index contributed by atoms with van der Waals surface area (Å²) in [5, 5.41) is 12.5. The molecule has 11 nitrogen and oxygen atoms in total. The van der Waals surface area contributed by atoms with Crippen molar-refractivity contribution in [1.82, 2.24) is 19.1 Å². The van der Waals surface area contributed by atoms with Crippen LogP contribution in [0.15, 0.2) is 81.2 Å². The van der Waals surface area contributed by atoms with E-state index in [2.05, 4.69) is 15.3 Å². The Kier molecular flexibility index (Phi) is 8.51. The maximum absolute atomic E-state index is 13.3. The van der Waals surface area contributed by atoms with Crippen molar-refractivity contribution in [2.45, 2.75) is 25.9 Å². The van der Waals surface area contributed by atoms with Crippen LogP contribution in [0.1, 0.15) is 18.4 Å². The van der Waals surface area contributed by atoms with Crippen LogP contribution < -0.4 is 27.0 Å². The van der Waals surface area contributed by atoms with E-state index in [0.717, 1.165) is 10.1 Å². The molecular weight excluding hydrogens is 514 g/mol. The standard InChI is InChI=1S/C26H24ClN5O6/c27-18-5-3-17(4-6-18)15-31-24(30-25(36)32(26(31)37)16-20(34)2-1-13-33)29-19-7-9-21(10-8-19)38-22-11-12-23(35)28-14-22/h3-12,14,33H,1-2,13,15-16H2,(H,28,35)(H,29,30,36). The topological polar surface area (TPSA) is 148 Å². The van der Waals surface area contributed by atoms with E-state index >= 15 is 0 Å². The number of pyridine rings is 1. The molecule has 12 heteroatoms. The molecule has 0 spiro atoms. The number of aliphatic hydroxyl groups excluding tert-OH is 1. The van der Waals surface area contributed by atoms with Crippen LogP contribution in [-0.4, -0.2) is 36.6 Å². The Balaban J connectivity index is 1.63. The van der Waals surface area contributed by atoms with Crippen molar-refractivity contribution in [3.8, 4) is 11.5 Å². The van der Waals surface area contributed by atoms with Gasteiger partial charge in [0, 0.05) is 36.0 Å². The lowest BCUT2D eigenvalue weighted by molar-refractivity contribution is -0.120. The lowest BCUT2D eigenvalue weighted by atomic mass is 10.2. The van der Waals surface area contributed by atoms with Gasteiger partial charge in [0.2, 0.25) is 11.5 Å². The number of nitrogens with zero attached hydrogens (tertiary/aromatic N) is 3. The summed E-state index contributed by atoms with van der Waals surface area (Å²) in [7, 11) is 0. The molecule has 0 aliphatic rings. The Morgan fingerprint density at radius 2 is 1.68 bits per heavy atom. The smallest absolute Gasteiger partial charge is 0.355 e. The number of Topliss-reactive ketones (excluding diaryl/α,β-unsaturated/α-hetero) is 1. The number of carbonyl (C=O) groups excluding carboxylic acids is 1. The van der Waals surface area contributed by atoms with Gasteiger partial charge in [-0.2, -0.15) is 4.98 Å². The Bertz CT molecular complexity index is 1570. The summed E-state index contributed by atoms with van der Waals surface area (Å²) in [6.07, 6.45) is 1.71. The van der Waals surface area contributed by atoms with E-state index < -0.39 is 17.9 Å². The minimum Gasteiger partial charge on any atom is -0.456 e. The van der Waals surface area contributed by atoms with E-state index in [1.807, 2.05) is 0 Å². The highest BCUT2D eigenvalue weighted by Gasteiger charge is 2.16. The number of aliphatic hydroxyl groups is 1. The van der Waals surface area contributed by atoms with Gasteiger partial charge in [-0.25, -0.2) is 14.2 Å². The molecule has 196 valence electrons. The summed E-state index contributed by atoms with van der Waals surface area (Å²) in [6.45, 7) is -0.552. The fourth-order valence-corrected chi connectivity index (χ4v) is 3.66. The zero-order valence-corrected chi connectivity index (χ0v) is 20.9. The van der Waals surface area contributed by atoms with Crippen molar-refractivity contribution in [2.75, 3.05) is 11.9 Å². The van der Waals surface area contributed by atoms with Gasteiger partial charge < -0.3 is 20.1 Å². The lowest BCUT2D eigenvalue weighted by Crippen LogP contribution is -2.44. The summed E-state index contributed by atoms with van der Waals surface area (Å²) in [5.74, 6) is 0.562. The van der Waals surface area contributed by atoms with Crippen molar-refractivity contribution < 1.29 is 14.6 Å². The third-order valence-corrected chi connectivity index (χ3v) is 5.71. The number of benzene rings is 2. The fraction of sp³-hybridized carbons (Fsp3) is 0.192. The Hall–Kier alpha value is -4.48. The lowest BCUT2D eigenvalue weighted by Gasteiger charge is -2.16. The van der Waals surface area contributed by atoms with Gasteiger partial charge in [0.1, 0.15) is 11.5 Å². The first-order chi connectivity index (χ1) is 18.3. The van der Waals surface area contributed by atoms with Crippen molar-refractivity contribution in [3.63, 3.8) is 0 Å². The first kappa shape index (κ1) is 26.6. The van der Waals surface area contributed by atoms with Gasteiger partial charge in [-0.3, -0.25) is 14.2 Å². The van der Waals surface area contributed by atoms with Gasteiger partial charge in [-0.05, 0) is 54.4 Å². The average molecular weight is 538 g/mol. The Labute approximate surface area is 220 Å². The molecule has 0 radical (unpaired) electrons. The third kappa shape index (κ3) is 6.84. The molecule has 4 rings (SSSR count). The number of aromatic amines is 1. The largest absolute Gasteiger partial charge is 0.456 e. The van der Waals surface area contributed by atoms with Crippen molar-refractivity contribution in [3.05, 3.63) is 109 Å². The average Bonchev–Trinajstić information content (AvgIpc) is 2.91. The van der Waals surface area contributed by atoms with Crippen LogP contribution in [-0.2, 0) is 17.9 Å². The molecule has 0 amide bonds. The monoisotopic (exact) mass is 537 g/mol. The van der Waals surface area contributed by atoms with E-state index in [4.69, 9.17) is 21.4 Å². The quantitative estimate of drug-likeness (QED) is 0.264. The molecule has 2 aromatic carbocycles. The number of carbonyl (C=O) groups is 1. The highest BCUT2D eigenvalue weighted by molar-refractivity contribution is 6.30. The van der Waals surface area contributed by atoms with Gasteiger partial charge in [-0.1, -0.05) is 23.7 Å². The molecule has 2 aromatic heterocycles. The Morgan fingerprint density at radius 1 is 0.974 bits per heavy atom. The number of hydrogen-bond donors (Lipinski definition) is 3. The molecule has 0 aliphatic carbocycles. The van der Waals surface area contributed by atoms with Crippen molar-refractivity contribution in [2.24, 2.45) is 0 Å². The number of ketones is 1. The normalized spacial score (nSPS) is 10.8. The summed E-state index contributed by atoms with van der Waals surface area (Å²) < 4.78 is 7.73. The highest BCUT2D eigenvalue weighted by atomic mass is 35.5. The van der Waals surface area contributed by atoms with Gasteiger partial charge >= 0.3 is 11.4 Å². The number of rotatable bonds is 11. The third-order valence-electron chi connectivity index (χ3n) is 5.45. The molecule has 38 heavy (non-hydrogen) atoms. The van der Waals surface area contributed by atoms with Gasteiger partial charge in [0.25, 0.3) is 0 Å². The minimum absolute atomic E-state index is 0.0108. The van der Waals surface area contributed by atoms with Crippen LogP contribution in [0.5, 0.6) is 11.5 Å². The second kappa shape index (κ2) is 12.2. The van der Waals surface area contributed by atoms with E-state index in [0.29, 0.717) is 22.2 Å². The molecule has 0 aliphatic heterocycles. The predicted octanol–water partition coefficient (Wildman–Crippen LogP) is 2.67. The van der Waals surface area contributed by atoms with E-state index in [9.17, 15) is 19.2 Å². The molecule has 2 heterocycles. The van der Waals surface area contributed by atoms with Gasteiger partial charge in [-0.15, -0.1) is 0 Å². The van der Waals surface area contributed by atoms with Crippen LogP contribution in [0.25, 0.3) is 0 Å². The molecule has 3 N–H and O–H groups in total. The summed E-state index contributed by atoms with van der Waals surface area (Å²) in [5.41, 5.74) is -0.585. The number of anilines is 2. The predicted molar refractivity (Wildman–Crippen MR) is 141 cm³/mol. The maximum atomic E-state index is 13.3. The van der Waals surface area contributed by atoms with Crippen LogP contribution in [0.4, 0.5) is 11.6 Å². The number of halogens is 1. The molecule has 0 atom stereocenters. The second-order valence-corrected chi connectivity index (χ2v) is 8.74. The highest BCUT2D eigenvalue weighted by Crippen LogP contribution is 2.23. The number of nitrogens with one attached hydrogen (secondary N) is 2. The van der Waals surface area contributed by atoms with Crippen LogP contribution >= 0.6 is 11.6 Å². The summed E-state index contributed by atoms with van der Waals surface area (Å²) in [4.78, 5) is 56.1. The molecule has 0 fully saturated rings. The van der Waals surface area contributed by atoms with Crippen LogP contribution in [0.2, 0.25) is 5.02 Å². The molecule has 0 unspecified atom stereocenters. The summed E-state index contributed by atoms with van der Waals surface area (Å²) in [6, 6.07) is 16.4. The number of aromatic nitrogens is 4. The first-order valence-electron chi connectivity index (χ1n) is 11.6. The van der Waals surface area contributed by atoms with E-state index in [1.54, 1.807) is 48.5 Å². The van der Waals surface area contributed by atoms with E-state index in [-0.39, 0.29) is 43.3 Å². The zero-order valence-electron chi connectivity index (χ0n) is 20.1. The Morgan fingerprint density at radius 3 is 2.34 bits per heavy atom. The fourth-order valence-electron chi connectivity index (χ4n) is 3.54. The van der Waals surface area contributed by atoms with Gasteiger partial charge in [0.15, 0.2) is 5.78 Å². The summed E-state index contributed by atoms with van der Waals surface area (Å²) >= 11 is 5.98. The van der Waals surface area contributed by atoms with Crippen molar-refractivity contribution >= 4 is 29.0 Å². The molecule has 0 saturated carbocycles. The molecule has 0 saturated heterocycles. The van der Waals surface area contributed by atoms with Crippen LogP contribution in [0.3, 0.4) is 0 Å². The first-order valence-corrected chi connectivity index (χ1v) is 12.0. The molecule has 0 bridgehead atoms. The number of H-pyrrole nitrogens is 1. The van der Waals surface area contributed by atoms with Crippen molar-refractivity contribution in [1.29, 1.82) is 0 Å². The van der Waals surface area contributed by atoms with E-state index in [1.165, 1.54) is 22.9 Å². The van der Waals surface area contributed by atoms with Crippen LogP contribution in [0, 0.1) is 0 Å². The zero-order chi connectivity index (χ0) is 27.1. The molecule has 4 aromatic rings. The number of ether oxygens (including phenoxy) is 1. The number of hydrogen-bond acceptors (Lipinski definition) is 8. The molecular formula is C26H24ClN5O6. The van der Waals surface area contributed by atoms with Gasteiger partial charge in [0.05, 0.1) is 13.1 Å².